The van der Waals surface area contributed by atoms with Gasteiger partial charge in [0.05, 0.1) is 30.1 Å². The Morgan fingerprint density at radius 3 is 2.30 bits per heavy atom. The third-order valence-electron chi connectivity index (χ3n) is 10.1. The molecule has 0 amide bonds. The second-order valence-corrected chi connectivity index (χ2v) is 13.3. The first kappa shape index (κ1) is 33.2. The van der Waals surface area contributed by atoms with Crippen LogP contribution in [0.25, 0.3) is 0 Å². The second kappa shape index (κ2) is 11.9. The van der Waals surface area contributed by atoms with Crippen molar-refractivity contribution in [1.29, 1.82) is 0 Å². The molecule has 0 unspecified atom stereocenters. The Bertz CT molecular complexity index is 1160. The van der Waals surface area contributed by atoms with E-state index in [1.807, 2.05) is 33.8 Å². The molecule has 14 nitrogen and oxygen atoms in total. The second-order valence-electron chi connectivity index (χ2n) is 13.3. The molecule has 1 saturated carbocycles. The summed E-state index contributed by atoms with van der Waals surface area (Å²) in [6.45, 7) is 9.31. The highest BCUT2D eigenvalue weighted by molar-refractivity contribution is 5.70. The third kappa shape index (κ3) is 5.16. The zero-order chi connectivity index (χ0) is 32.4. The molecule has 0 aromatic rings. The van der Waals surface area contributed by atoms with Crippen molar-refractivity contribution >= 4 is 17.9 Å². The summed E-state index contributed by atoms with van der Waals surface area (Å²) in [5, 5.41) is 41.2. The quantitative estimate of drug-likeness (QED) is 0.110. The molecule has 0 aromatic carbocycles. The maximum absolute atomic E-state index is 12.8. The van der Waals surface area contributed by atoms with Gasteiger partial charge in [-0.2, -0.15) is 0 Å². The number of hydrogen-bond donors (Lipinski definition) is 4. The first-order valence-electron chi connectivity index (χ1n) is 15.1. The van der Waals surface area contributed by atoms with Crippen LogP contribution in [0, 0.1) is 16.7 Å². The Balaban J connectivity index is 1.58. The highest BCUT2D eigenvalue weighted by atomic mass is 16.7. The molecule has 3 aliphatic heterocycles. The van der Waals surface area contributed by atoms with Gasteiger partial charge in [0.15, 0.2) is 6.29 Å². The minimum atomic E-state index is -1.72. The van der Waals surface area contributed by atoms with Crippen molar-refractivity contribution in [1.82, 2.24) is 0 Å². The molecule has 0 radical (unpaired) electrons. The maximum Gasteiger partial charge on any atom is 0.306 e. The zero-order valence-corrected chi connectivity index (χ0v) is 25.8. The van der Waals surface area contributed by atoms with Crippen LogP contribution < -0.4 is 0 Å². The molecule has 44 heavy (non-hydrogen) atoms. The van der Waals surface area contributed by atoms with E-state index >= 15 is 0 Å². The lowest BCUT2D eigenvalue weighted by Crippen LogP contribution is -2.68. The lowest BCUT2D eigenvalue weighted by Gasteiger charge is -2.58. The molecule has 248 valence electrons. The molecule has 3 saturated heterocycles. The molecule has 5 aliphatic rings. The first-order chi connectivity index (χ1) is 20.6. The van der Waals surface area contributed by atoms with Gasteiger partial charge in [-0.05, 0) is 18.4 Å². The van der Waals surface area contributed by atoms with Crippen molar-refractivity contribution in [2.45, 2.75) is 121 Å². The zero-order valence-electron chi connectivity index (χ0n) is 25.8. The van der Waals surface area contributed by atoms with Crippen molar-refractivity contribution in [3.05, 3.63) is 11.6 Å². The Hall–Kier alpha value is -2.17. The van der Waals surface area contributed by atoms with E-state index < -0.39 is 96.2 Å². The monoisotopic (exact) mass is 628 g/mol. The van der Waals surface area contributed by atoms with E-state index in [4.69, 9.17) is 33.2 Å². The van der Waals surface area contributed by atoms with Gasteiger partial charge in [-0.1, -0.05) is 26.8 Å². The number of ether oxygens (including phenoxy) is 7. The smallest absolute Gasteiger partial charge is 0.306 e. The number of esters is 3. The standard InChI is InChI=1S/C30H44O14/c1-13(2)7-20(34)41-17-9-29(11-38-15(4)32)19(8-14(17)3)43-26-24(25(40-16(5)33)28(29,6)30(26)12-39-30)44-27-23(37)22(36)21(35)18(10-31)42-27/h8,13,17-19,21-27,31,35-37H,7,9-12H2,1-6H3/t17-,18+,19+,21+,22-,23+,24+,25+,26+,27-,28+,29+,30-/m0/s1. The van der Waals surface area contributed by atoms with Crippen LogP contribution in [0.1, 0.15) is 54.4 Å². The van der Waals surface area contributed by atoms with Crippen molar-refractivity contribution in [3.8, 4) is 0 Å². The molecular weight excluding hydrogens is 584 g/mol. The van der Waals surface area contributed by atoms with Crippen LogP contribution in [-0.4, -0.2) is 125 Å². The summed E-state index contributed by atoms with van der Waals surface area (Å²) in [5.41, 5.74) is -2.69. The fourth-order valence-corrected chi connectivity index (χ4v) is 7.71. The van der Waals surface area contributed by atoms with Crippen molar-refractivity contribution < 1.29 is 68.0 Å². The number of aliphatic hydroxyl groups is 4. The van der Waals surface area contributed by atoms with Crippen LogP contribution in [0.3, 0.4) is 0 Å². The van der Waals surface area contributed by atoms with Crippen molar-refractivity contribution in [2.75, 3.05) is 19.8 Å². The van der Waals surface area contributed by atoms with E-state index in [1.165, 1.54) is 13.8 Å². The molecule has 4 N–H and O–H groups in total. The van der Waals surface area contributed by atoms with Crippen LogP contribution in [0.2, 0.25) is 0 Å². The van der Waals surface area contributed by atoms with E-state index in [1.54, 1.807) is 0 Å². The number of fused-ring (bicyclic) bond motifs is 2. The number of aliphatic hydroxyl groups excluding tert-OH is 4. The van der Waals surface area contributed by atoms with Crippen molar-refractivity contribution in [2.24, 2.45) is 16.7 Å². The molecule has 13 atom stereocenters. The van der Waals surface area contributed by atoms with E-state index in [0.29, 0.717) is 0 Å². The predicted octanol–water partition coefficient (Wildman–Crippen LogP) is -0.483. The topological polar surface area (TPSA) is 200 Å². The fraction of sp³-hybridized carbons (Fsp3) is 0.833. The summed E-state index contributed by atoms with van der Waals surface area (Å²) >= 11 is 0. The Kier molecular flexibility index (Phi) is 8.97. The predicted molar refractivity (Wildman–Crippen MR) is 146 cm³/mol. The molecule has 4 fully saturated rings. The average Bonchev–Trinajstić information content (AvgIpc) is 3.72. The van der Waals surface area contributed by atoms with Gasteiger partial charge >= 0.3 is 17.9 Å². The van der Waals surface area contributed by atoms with Gasteiger partial charge in [0.2, 0.25) is 0 Å². The fourth-order valence-electron chi connectivity index (χ4n) is 7.71. The van der Waals surface area contributed by atoms with Crippen LogP contribution in [-0.2, 0) is 47.5 Å². The summed E-state index contributed by atoms with van der Waals surface area (Å²) in [6.07, 6.45) is -10.2. The molecule has 2 aliphatic carbocycles. The summed E-state index contributed by atoms with van der Waals surface area (Å²) in [7, 11) is 0. The van der Waals surface area contributed by atoms with Gasteiger partial charge in [0, 0.05) is 26.7 Å². The number of carbonyl (C=O) groups is 3. The SMILES string of the molecule is CC(=O)OC[C@]12C[C@H](OC(=O)CC(C)C)C(C)=C[C@H]1O[C@@H]1[C@H](O[C@@H]3O[C@H](CO)[C@@H](O)[C@H](O)[C@H]3O)[C@@H](OC(C)=O)[C@@]2(C)[C@]12CO2. The van der Waals surface area contributed by atoms with Gasteiger partial charge in [-0.25, -0.2) is 0 Å². The Labute approximate surface area is 255 Å². The number of rotatable bonds is 9. The van der Waals surface area contributed by atoms with E-state index in [0.717, 1.165) is 5.57 Å². The normalized spacial score (nSPS) is 45.8. The highest BCUT2D eigenvalue weighted by Crippen LogP contribution is 2.72. The first-order valence-corrected chi connectivity index (χ1v) is 15.1. The van der Waals surface area contributed by atoms with Crippen molar-refractivity contribution in [3.63, 3.8) is 0 Å². The van der Waals surface area contributed by atoms with Gasteiger partial charge in [-0.3, -0.25) is 14.4 Å². The lowest BCUT2D eigenvalue weighted by molar-refractivity contribution is -0.322. The summed E-state index contributed by atoms with van der Waals surface area (Å²) in [4.78, 5) is 37.7. The summed E-state index contributed by atoms with van der Waals surface area (Å²) in [5.74, 6) is -1.52. The van der Waals surface area contributed by atoms with Crippen LogP contribution in [0.15, 0.2) is 11.6 Å². The van der Waals surface area contributed by atoms with Gasteiger partial charge < -0.3 is 53.6 Å². The average molecular weight is 629 g/mol. The highest BCUT2D eigenvalue weighted by Gasteiger charge is 2.87. The molecule has 3 heterocycles. The number of epoxide rings is 1. The number of hydrogen-bond acceptors (Lipinski definition) is 14. The molecule has 0 aromatic heterocycles. The van der Waals surface area contributed by atoms with E-state index in [-0.39, 0.29) is 37.9 Å². The Morgan fingerprint density at radius 2 is 1.73 bits per heavy atom. The minimum absolute atomic E-state index is 0.0704. The van der Waals surface area contributed by atoms with Gasteiger partial charge in [-0.15, -0.1) is 0 Å². The largest absolute Gasteiger partial charge is 0.465 e. The van der Waals surface area contributed by atoms with Crippen LogP contribution in [0.4, 0.5) is 0 Å². The van der Waals surface area contributed by atoms with Gasteiger partial charge in [0.1, 0.15) is 61.0 Å². The summed E-state index contributed by atoms with van der Waals surface area (Å²) in [6, 6.07) is 0. The van der Waals surface area contributed by atoms with Crippen LogP contribution >= 0.6 is 0 Å². The van der Waals surface area contributed by atoms with E-state index in [9.17, 15) is 34.8 Å². The Morgan fingerprint density at radius 1 is 1.05 bits per heavy atom. The summed E-state index contributed by atoms with van der Waals surface area (Å²) < 4.78 is 42.4. The molecular formula is C30H44O14. The lowest BCUT2D eigenvalue weighted by atomic mass is 9.51. The number of carbonyl (C=O) groups excluding carboxylic acids is 3. The molecule has 1 spiro atoms. The van der Waals surface area contributed by atoms with Gasteiger partial charge in [0.25, 0.3) is 0 Å². The van der Waals surface area contributed by atoms with E-state index in [2.05, 4.69) is 0 Å². The van der Waals surface area contributed by atoms with Crippen LogP contribution in [0.5, 0.6) is 0 Å². The maximum atomic E-state index is 12.8. The minimum Gasteiger partial charge on any atom is -0.465 e. The molecule has 5 rings (SSSR count). The molecule has 2 bridgehead atoms. The third-order valence-corrected chi connectivity index (χ3v) is 10.1. The molecule has 14 heteroatoms.